The van der Waals surface area contributed by atoms with Crippen LogP contribution in [-0.4, -0.2) is 14.1 Å². The molecule has 0 bridgehead atoms. The number of aromatic nitrogens is 3. The second-order valence-corrected chi connectivity index (χ2v) is 7.38. The molecule has 0 aliphatic carbocycles. The van der Waals surface area contributed by atoms with E-state index in [0.717, 1.165) is 55.6 Å². The van der Waals surface area contributed by atoms with Crippen LogP contribution in [0.15, 0.2) is 100 Å². The second kappa shape index (κ2) is 5.64. The van der Waals surface area contributed by atoms with Gasteiger partial charge in [-0.25, -0.2) is 4.98 Å². The average Bonchev–Trinajstić information content (AvgIpc) is 3.53. The van der Waals surface area contributed by atoms with E-state index in [-0.39, 0.29) is 0 Å². The normalized spacial score (nSPS) is 12.0. The summed E-state index contributed by atoms with van der Waals surface area (Å²) in [6, 6.07) is 24.4. The van der Waals surface area contributed by atoms with Gasteiger partial charge in [-0.2, -0.15) is 0 Å². The first-order valence-corrected chi connectivity index (χ1v) is 9.81. The van der Waals surface area contributed by atoms with Gasteiger partial charge in [0.2, 0.25) is 11.4 Å². The van der Waals surface area contributed by atoms with Gasteiger partial charge < -0.3 is 8.83 Å². The number of para-hydroxylation sites is 1. The van der Waals surface area contributed by atoms with E-state index in [0.29, 0.717) is 0 Å². The molecule has 0 aliphatic heterocycles. The van der Waals surface area contributed by atoms with Crippen molar-refractivity contribution in [3.05, 3.63) is 91.4 Å². The predicted octanol–water partition coefficient (Wildman–Crippen LogP) is 6.46. The molecular formula is C25H15N3O2. The maximum atomic E-state index is 6.18. The highest BCUT2D eigenvalue weighted by atomic mass is 16.3. The molecule has 7 rings (SSSR count). The zero-order chi connectivity index (χ0) is 19.7. The molecule has 0 N–H and O–H groups in total. The lowest BCUT2D eigenvalue weighted by atomic mass is 10.2. The first-order chi connectivity index (χ1) is 14.9. The van der Waals surface area contributed by atoms with Crippen molar-refractivity contribution in [3.63, 3.8) is 0 Å². The SMILES string of the molecule is c1ccc(-n2ccc3c4cc(-n5ccc6c7ccccc7oc65)ccc4oc32)nc1. The molecule has 0 atom stereocenters. The summed E-state index contributed by atoms with van der Waals surface area (Å²) in [5.41, 5.74) is 4.42. The number of fused-ring (bicyclic) bond motifs is 6. The fourth-order valence-corrected chi connectivity index (χ4v) is 4.29. The van der Waals surface area contributed by atoms with Gasteiger partial charge in [-0.3, -0.25) is 9.13 Å². The van der Waals surface area contributed by atoms with Crippen molar-refractivity contribution in [2.24, 2.45) is 0 Å². The third-order valence-corrected chi connectivity index (χ3v) is 5.70. The molecule has 0 saturated carbocycles. The summed E-state index contributed by atoms with van der Waals surface area (Å²) in [7, 11) is 0. The van der Waals surface area contributed by atoms with Gasteiger partial charge in [0.25, 0.3) is 0 Å². The zero-order valence-electron chi connectivity index (χ0n) is 15.8. The van der Waals surface area contributed by atoms with Gasteiger partial charge in [-0.1, -0.05) is 24.3 Å². The molecule has 0 saturated heterocycles. The Morgan fingerprint density at radius 2 is 1.33 bits per heavy atom. The minimum absolute atomic E-state index is 0.794. The first kappa shape index (κ1) is 15.6. The Kier molecular flexibility index (Phi) is 2.94. The van der Waals surface area contributed by atoms with Crippen LogP contribution >= 0.6 is 0 Å². The Morgan fingerprint density at radius 3 is 2.20 bits per heavy atom. The van der Waals surface area contributed by atoms with Crippen molar-refractivity contribution in [1.82, 2.24) is 14.1 Å². The lowest BCUT2D eigenvalue weighted by Crippen LogP contribution is -1.93. The molecule has 142 valence electrons. The molecule has 0 amide bonds. The van der Waals surface area contributed by atoms with Gasteiger partial charge in [0.1, 0.15) is 17.0 Å². The highest BCUT2D eigenvalue weighted by Crippen LogP contribution is 2.35. The van der Waals surface area contributed by atoms with E-state index in [1.165, 1.54) is 0 Å². The van der Waals surface area contributed by atoms with E-state index in [9.17, 15) is 0 Å². The molecule has 5 heterocycles. The van der Waals surface area contributed by atoms with Crippen LogP contribution < -0.4 is 0 Å². The number of hydrogen-bond acceptors (Lipinski definition) is 3. The standard InChI is InChI=1S/C25H15N3O2/c1-2-6-21-17(5-1)18-10-13-27(24(18)29-21)16-8-9-22-20(15-16)19-11-14-28(25(19)30-22)23-7-3-4-12-26-23/h1-15H. The van der Waals surface area contributed by atoms with Gasteiger partial charge in [0.15, 0.2) is 0 Å². The molecule has 0 radical (unpaired) electrons. The third-order valence-electron chi connectivity index (χ3n) is 5.70. The topological polar surface area (TPSA) is 49.0 Å². The Labute approximate surface area is 170 Å². The summed E-state index contributed by atoms with van der Waals surface area (Å²) in [6.07, 6.45) is 5.83. The Bertz CT molecular complexity index is 1700. The maximum Gasteiger partial charge on any atom is 0.213 e. The number of rotatable bonds is 2. The molecule has 5 nitrogen and oxygen atoms in total. The first-order valence-electron chi connectivity index (χ1n) is 9.81. The van der Waals surface area contributed by atoms with E-state index in [1.807, 2.05) is 53.2 Å². The van der Waals surface area contributed by atoms with Crippen molar-refractivity contribution >= 4 is 44.1 Å². The summed E-state index contributed by atoms with van der Waals surface area (Å²) in [5, 5.41) is 4.37. The molecule has 0 aliphatic rings. The van der Waals surface area contributed by atoms with E-state index in [2.05, 4.69) is 46.1 Å². The van der Waals surface area contributed by atoms with Gasteiger partial charge in [-0.05, 0) is 48.5 Å². The third kappa shape index (κ3) is 2.03. The Hall–Kier alpha value is -4.25. The summed E-state index contributed by atoms with van der Waals surface area (Å²) >= 11 is 0. The highest BCUT2D eigenvalue weighted by molar-refractivity contribution is 6.06. The minimum Gasteiger partial charge on any atom is -0.439 e. The molecular weight excluding hydrogens is 374 g/mol. The van der Waals surface area contributed by atoms with Crippen LogP contribution in [0.4, 0.5) is 0 Å². The maximum absolute atomic E-state index is 6.18. The smallest absolute Gasteiger partial charge is 0.213 e. The number of nitrogens with zero attached hydrogens (tertiary/aromatic N) is 3. The number of furan rings is 2. The fraction of sp³-hybridized carbons (Fsp3) is 0. The summed E-state index contributed by atoms with van der Waals surface area (Å²) in [6.45, 7) is 0. The molecule has 0 fully saturated rings. The quantitative estimate of drug-likeness (QED) is 0.341. The van der Waals surface area contributed by atoms with Crippen LogP contribution in [0.25, 0.3) is 55.6 Å². The summed E-state index contributed by atoms with van der Waals surface area (Å²) < 4.78 is 16.4. The van der Waals surface area contributed by atoms with E-state index < -0.39 is 0 Å². The van der Waals surface area contributed by atoms with Crippen molar-refractivity contribution < 1.29 is 8.83 Å². The number of pyridine rings is 1. The molecule has 2 aromatic carbocycles. The lowest BCUT2D eigenvalue weighted by molar-refractivity contribution is 0.639. The monoisotopic (exact) mass is 389 g/mol. The molecule has 7 aromatic rings. The fourth-order valence-electron chi connectivity index (χ4n) is 4.29. The van der Waals surface area contributed by atoms with Crippen LogP contribution in [-0.2, 0) is 0 Å². The van der Waals surface area contributed by atoms with Crippen LogP contribution in [0.2, 0.25) is 0 Å². The summed E-state index contributed by atoms with van der Waals surface area (Å²) in [5.74, 6) is 0.834. The second-order valence-electron chi connectivity index (χ2n) is 7.38. The molecule has 5 heteroatoms. The largest absolute Gasteiger partial charge is 0.439 e. The lowest BCUT2D eigenvalue weighted by Gasteiger charge is -2.03. The van der Waals surface area contributed by atoms with Crippen molar-refractivity contribution in [1.29, 1.82) is 0 Å². The van der Waals surface area contributed by atoms with Gasteiger partial charge >= 0.3 is 0 Å². The predicted molar refractivity (Wildman–Crippen MR) is 117 cm³/mol. The zero-order valence-corrected chi connectivity index (χ0v) is 15.8. The van der Waals surface area contributed by atoms with Crippen LogP contribution in [0.3, 0.4) is 0 Å². The van der Waals surface area contributed by atoms with Crippen molar-refractivity contribution in [3.8, 4) is 11.5 Å². The molecule has 0 unspecified atom stereocenters. The molecule has 0 spiro atoms. The highest BCUT2D eigenvalue weighted by Gasteiger charge is 2.16. The summed E-state index contributed by atoms with van der Waals surface area (Å²) in [4.78, 5) is 4.44. The van der Waals surface area contributed by atoms with Gasteiger partial charge in [0.05, 0.1) is 0 Å². The Morgan fingerprint density at radius 1 is 0.600 bits per heavy atom. The van der Waals surface area contributed by atoms with E-state index >= 15 is 0 Å². The van der Waals surface area contributed by atoms with Crippen molar-refractivity contribution in [2.45, 2.75) is 0 Å². The van der Waals surface area contributed by atoms with Crippen LogP contribution in [0, 0.1) is 0 Å². The van der Waals surface area contributed by atoms with Crippen LogP contribution in [0.5, 0.6) is 0 Å². The number of benzene rings is 2. The van der Waals surface area contributed by atoms with Gasteiger partial charge in [-0.15, -0.1) is 0 Å². The minimum atomic E-state index is 0.794. The molecule has 5 aromatic heterocycles. The van der Waals surface area contributed by atoms with E-state index in [4.69, 9.17) is 8.83 Å². The number of hydrogen-bond donors (Lipinski definition) is 0. The van der Waals surface area contributed by atoms with Crippen LogP contribution in [0.1, 0.15) is 0 Å². The Balaban J connectivity index is 1.45. The molecule has 30 heavy (non-hydrogen) atoms. The van der Waals surface area contributed by atoms with E-state index in [1.54, 1.807) is 6.20 Å². The van der Waals surface area contributed by atoms with Crippen molar-refractivity contribution in [2.75, 3.05) is 0 Å². The van der Waals surface area contributed by atoms with Gasteiger partial charge in [0, 0.05) is 45.8 Å². The average molecular weight is 389 g/mol.